The number of rotatable bonds is 7. The van der Waals surface area contributed by atoms with Crippen LogP contribution in [0.15, 0.2) is 0 Å². The number of hydrogen-bond donors (Lipinski definition) is 2. The molecule has 1 fully saturated rings. The Labute approximate surface area is 130 Å². The molecule has 1 aliphatic heterocycles. The lowest BCUT2D eigenvalue weighted by molar-refractivity contribution is -0.123. The fourth-order valence-electron chi connectivity index (χ4n) is 2.78. The van der Waals surface area contributed by atoms with Crippen molar-refractivity contribution in [1.29, 1.82) is 0 Å². The molecule has 1 amide bonds. The van der Waals surface area contributed by atoms with E-state index in [1.165, 1.54) is 0 Å². The van der Waals surface area contributed by atoms with Gasteiger partial charge in [0.1, 0.15) is 0 Å². The van der Waals surface area contributed by atoms with Crippen LogP contribution in [0.25, 0.3) is 0 Å². The van der Waals surface area contributed by atoms with Crippen molar-refractivity contribution in [2.24, 2.45) is 17.6 Å². The van der Waals surface area contributed by atoms with Crippen LogP contribution in [0.2, 0.25) is 0 Å². The Morgan fingerprint density at radius 1 is 1.19 bits per heavy atom. The van der Waals surface area contributed by atoms with E-state index in [0.717, 1.165) is 32.6 Å². The molecule has 3 unspecified atom stereocenters. The predicted molar refractivity (Wildman–Crippen MR) is 88.1 cm³/mol. The first kappa shape index (κ1) is 18.4. The molecule has 0 aromatic heterocycles. The second-order valence-corrected chi connectivity index (χ2v) is 6.81. The number of hydrogen-bond acceptors (Lipinski definition) is 4. The molecule has 1 saturated heterocycles. The van der Waals surface area contributed by atoms with Crippen molar-refractivity contribution < 1.29 is 4.79 Å². The first-order valence-electron chi connectivity index (χ1n) is 8.32. The van der Waals surface area contributed by atoms with Crippen LogP contribution in [0.1, 0.15) is 34.1 Å². The van der Waals surface area contributed by atoms with Crippen LogP contribution in [-0.2, 0) is 4.79 Å². The molecular weight excluding hydrogens is 264 g/mol. The summed E-state index contributed by atoms with van der Waals surface area (Å²) in [5, 5.41) is 3.07. The van der Waals surface area contributed by atoms with Crippen LogP contribution < -0.4 is 11.1 Å². The monoisotopic (exact) mass is 298 g/mol. The number of likely N-dealkylation sites (N-methyl/N-ethyl adjacent to an activating group) is 1. The number of nitrogens with one attached hydrogen (secondary N) is 1. The van der Waals surface area contributed by atoms with Gasteiger partial charge in [-0.05, 0) is 18.9 Å². The summed E-state index contributed by atoms with van der Waals surface area (Å²) in [5.41, 5.74) is 6.00. The van der Waals surface area contributed by atoms with Gasteiger partial charge in [0, 0.05) is 38.8 Å². The second-order valence-electron chi connectivity index (χ2n) is 6.81. The average molecular weight is 298 g/mol. The molecule has 0 radical (unpaired) electrons. The number of nitrogens with two attached hydrogens (primary N) is 1. The van der Waals surface area contributed by atoms with Gasteiger partial charge in [-0.2, -0.15) is 0 Å². The van der Waals surface area contributed by atoms with E-state index in [4.69, 9.17) is 5.73 Å². The van der Waals surface area contributed by atoms with Gasteiger partial charge in [-0.15, -0.1) is 0 Å². The molecule has 0 bridgehead atoms. The van der Waals surface area contributed by atoms with Crippen LogP contribution in [0.4, 0.5) is 0 Å². The van der Waals surface area contributed by atoms with Crippen molar-refractivity contribution in [2.45, 2.75) is 46.2 Å². The largest absolute Gasteiger partial charge is 0.353 e. The third kappa shape index (κ3) is 5.57. The maximum absolute atomic E-state index is 12.1. The lowest BCUT2D eigenvalue weighted by Gasteiger charge is -2.40. The maximum atomic E-state index is 12.1. The van der Waals surface area contributed by atoms with Gasteiger partial charge in [-0.25, -0.2) is 0 Å². The molecule has 124 valence electrons. The third-order valence-electron chi connectivity index (χ3n) is 4.82. The fourth-order valence-corrected chi connectivity index (χ4v) is 2.78. The van der Waals surface area contributed by atoms with Gasteiger partial charge in [0.25, 0.3) is 0 Å². The smallest absolute Gasteiger partial charge is 0.237 e. The molecule has 3 atom stereocenters. The minimum atomic E-state index is -0.393. The Morgan fingerprint density at radius 3 is 2.24 bits per heavy atom. The average Bonchev–Trinajstić information content (AvgIpc) is 2.47. The van der Waals surface area contributed by atoms with Crippen molar-refractivity contribution in [1.82, 2.24) is 15.1 Å². The quantitative estimate of drug-likeness (QED) is 0.728. The molecule has 5 heteroatoms. The number of carbonyl (C=O) groups is 1. The summed E-state index contributed by atoms with van der Waals surface area (Å²) in [6.45, 7) is 13.6. The Balaban J connectivity index is 2.50. The number of carbonyl (C=O) groups excluding carboxylic acids is 1. The molecule has 0 aromatic rings. The van der Waals surface area contributed by atoms with Crippen molar-refractivity contribution in [3.63, 3.8) is 0 Å². The van der Waals surface area contributed by atoms with Crippen molar-refractivity contribution in [2.75, 3.05) is 39.8 Å². The maximum Gasteiger partial charge on any atom is 0.237 e. The molecule has 3 N–H and O–H groups in total. The van der Waals surface area contributed by atoms with Gasteiger partial charge in [0.05, 0.1) is 6.04 Å². The van der Waals surface area contributed by atoms with E-state index in [9.17, 15) is 4.79 Å². The summed E-state index contributed by atoms with van der Waals surface area (Å²) in [6, 6.07) is 0.00193. The van der Waals surface area contributed by atoms with Crippen LogP contribution in [0.3, 0.4) is 0 Å². The molecule has 0 spiro atoms. The minimum absolute atomic E-state index is 0.0101. The molecule has 1 aliphatic rings. The van der Waals surface area contributed by atoms with Gasteiger partial charge < -0.3 is 16.0 Å². The van der Waals surface area contributed by atoms with E-state index >= 15 is 0 Å². The zero-order valence-corrected chi connectivity index (χ0v) is 14.4. The molecule has 0 aromatic carbocycles. The van der Waals surface area contributed by atoms with Crippen molar-refractivity contribution in [3.8, 4) is 0 Å². The Morgan fingerprint density at radius 2 is 1.76 bits per heavy atom. The van der Waals surface area contributed by atoms with Gasteiger partial charge in [0.15, 0.2) is 0 Å². The zero-order valence-electron chi connectivity index (χ0n) is 14.4. The standard InChI is InChI=1S/C16H34N4O/c1-6-13(4)15(17)16(21)18-11-14(12(2)3)20-9-7-19(5)8-10-20/h12-15H,6-11,17H2,1-5H3,(H,18,21). The number of piperazine rings is 1. The highest BCUT2D eigenvalue weighted by Gasteiger charge is 2.26. The summed E-state index contributed by atoms with van der Waals surface area (Å²) >= 11 is 0. The highest BCUT2D eigenvalue weighted by molar-refractivity contribution is 5.81. The second kappa shape index (κ2) is 8.71. The van der Waals surface area contributed by atoms with E-state index in [0.29, 0.717) is 18.5 Å². The zero-order chi connectivity index (χ0) is 16.0. The highest BCUT2D eigenvalue weighted by atomic mass is 16.2. The molecular formula is C16H34N4O. The van der Waals surface area contributed by atoms with Gasteiger partial charge in [0.2, 0.25) is 5.91 Å². The first-order chi connectivity index (χ1) is 9.86. The number of amides is 1. The highest BCUT2D eigenvalue weighted by Crippen LogP contribution is 2.13. The van der Waals surface area contributed by atoms with Crippen molar-refractivity contribution in [3.05, 3.63) is 0 Å². The Hall–Kier alpha value is -0.650. The van der Waals surface area contributed by atoms with E-state index in [1.54, 1.807) is 0 Å². The lowest BCUT2D eigenvalue weighted by atomic mass is 9.98. The van der Waals surface area contributed by atoms with Crippen LogP contribution in [0.5, 0.6) is 0 Å². The number of nitrogens with zero attached hydrogens (tertiary/aromatic N) is 2. The van der Waals surface area contributed by atoms with Crippen LogP contribution >= 0.6 is 0 Å². The third-order valence-corrected chi connectivity index (χ3v) is 4.82. The topological polar surface area (TPSA) is 61.6 Å². The predicted octanol–water partition coefficient (Wildman–Crippen LogP) is 0.748. The first-order valence-corrected chi connectivity index (χ1v) is 8.32. The summed E-state index contributed by atoms with van der Waals surface area (Å²) < 4.78 is 0. The lowest BCUT2D eigenvalue weighted by Crippen LogP contribution is -2.55. The van der Waals surface area contributed by atoms with E-state index in [2.05, 4.69) is 42.9 Å². The van der Waals surface area contributed by atoms with Crippen LogP contribution in [0, 0.1) is 11.8 Å². The van der Waals surface area contributed by atoms with Crippen molar-refractivity contribution >= 4 is 5.91 Å². The van der Waals surface area contributed by atoms with Gasteiger partial charge in [-0.3, -0.25) is 9.69 Å². The normalized spacial score (nSPS) is 22.0. The molecule has 0 aliphatic carbocycles. The molecule has 1 heterocycles. The molecule has 5 nitrogen and oxygen atoms in total. The SMILES string of the molecule is CCC(C)C(N)C(=O)NCC(C(C)C)N1CCN(C)CC1. The summed E-state index contributed by atoms with van der Waals surface area (Å²) in [4.78, 5) is 17.0. The molecule has 1 rings (SSSR count). The summed E-state index contributed by atoms with van der Waals surface area (Å²) in [5.74, 6) is 0.740. The molecule has 21 heavy (non-hydrogen) atoms. The molecule has 0 saturated carbocycles. The van der Waals surface area contributed by atoms with Crippen LogP contribution in [-0.4, -0.2) is 67.6 Å². The van der Waals surface area contributed by atoms with E-state index < -0.39 is 6.04 Å². The van der Waals surface area contributed by atoms with E-state index in [-0.39, 0.29) is 11.8 Å². The van der Waals surface area contributed by atoms with E-state index in [1.807, 2.05) is 6.92 Å². The minimum Gasteiger partial charge on any atom is -0.353 e. The fraction of sp³-hybridized carbons (Fsp3) is 0.938. The summed E-state index contributed by atoms with van der Waals surface area (Å²) in [7, 11) is 2.16. The summed E-state index contributed by atoms with van der Waals surface area (Å²) in [6.07, 6.45) is 0.931. The Kier molecular flexibility index (Phi) is 7.63. The Bertz CT molecular complexity index is 313. The van der Waals surface area contributed by atoms with Gasteiger partial charge >= 0.3 is 0 Å². The van der Waals surface area contributed by atoms with Gasteiger partial charge in [-0.1, -0.05) is 34.1 Å².